The Morgan fingerprint density at radius 3 is 1.44 bits per heavy atom. The van der Waals surface area contributed by atoms with Gasteiger partial charge in [0.15, 0.2) is 0 Å². The summed E-state index contributed by atoms with van der Waals surface area (Å²) in [5.74, 6) is 0.773. The van der Waals surface area contributed by atoms with Crippen molar-refractivity contribution in [3.05, 3.63) is 13.3 Å². The quantitative estimate of drug-likeness (QED) is 0.574. The maximum atomic E-state index is 3.69. The molecule has 0 aliphatic rings. The molecule has 0 nitrogen and oxygen atoms in total. The maximum absolute atomic E-state index is 3.69. The molecule has 0 fully saturated rings. The summed E-state index contributed by atoms with van der Waals surface area (Å²) in [4.78, 5) is 0. The first-order valence-electron chi connectivity index (χ1n) is 3.22. The van der Waals surface area contributed by atoms with E-state index in [1.54, 1.807) is 0 Å². The fourth-order valence-corrected chi connectivity index (χ4v) is 0. The van der Waals surface area contributed by atoms with E-state index >= 15 is 0 Å². The summed E-state index contributed by atoms with van der Waals surface area (Å²) in [7, 11) is 0. The molecule has 55 valence electrons. The second kappa shape index (κ2) is 16.0. The average Bonchev–Trinajstić information content (AvgIpc) is 1.69. The van der Waals surface area contributed by atoms with Gasteiger partial charge >= 0.3 is 0 Å². The van der Waals surface area contributed by atoms with Crippen molar-refractivity contribution < 1.29 is 32.7 Å². The fourth-order valence-electron chi connectivity index (χ4n) is 0. The van der Waals surface area contributed by atoms with E-state index in [2.05, 4.69) is 20.8 Å². The Bertz CT molecular complexity index is 25.7. The molecule has 0 aromatic rings. The van der Waals surface area contributed by atoms with E-state index in [1.807, 2.05) is 20.3 Å². The molecule has 0 atom stereocenters. The zero-order valence-corrected chi connectivity index (χ0v) is 9.98. The van der Waals surface area contributed by atoms with Gasteiger partial charge in [0.1, 0.15) is 0 Å². The van der Waals surface area contributed by atoms with Crippen molar-refractivity contribution >= 4 is 0 Å². The van der Waals surface area contributed by atoms with Crippen molar-refractivity contribution in [2.75, 3.05) is 0 Å². The van der Waals surface area contributed by atoms with Crippen LogP contribution in [0, 0.1) is 19.3 Å². The van der Waals surface area contributed by atoms with E-state index in [9.17, 15) is 0 Å². The smallest absolute Gasteiger partial charge is 0 e. The van der Waals surface area contributed by atoms with E-state index in [-0.39, 0.29) is 32.7 Å². The Balaban J connectivity index is -0.0000000800. The monoisotopic (exact) mass is 203 g/mol. The molecular weight excluding hydrogens is 185 g/mol. The molecule has 0 aromatic heterocycles. The van der Waals surface area contributed by atoms with E-state index in [4.69, 9.17) is 0 Å². The molecule has 0 aliphatic carbocycles. The zero-order chi connectivity index (χ0) is 6.99. The van der Waals surface area contributed by atoms with Crippen LogP contribution in [0.4, 0.5) is 0 Å². The SMILES string of the molecule is C[CH-]C.[CH2-]CC(C)C.[Y]. The molecule has 0 amide bonds. The van der Waals surface area contributed by atoms with Crippen LogP contribution in [0.2, 0.25) is 0 Å². The molecular formula is C8H18Y-2. The standard InChI is InChI=1S/C5H11.C3H7.Y/c1-4-5(2)3;1-3-2;/h5H,1,4H2,2-3H3;3H,1-2H3;/q2*-1;. The van der Waals surface area contributed by atoms with Crippen molar-refractivity contribution in [3.8, 4) is 0 Å². The van der Waals surface area contributed by atoms with Gasteiger partial charge in [-0.2, -0.15) is 20.3 Å². The van der Waals surface area contributed by atoms with Gasteiger partial charge in [-0.05, 0) is 0 Å². The molecule has 1 radical (unpaired) electrons. The topological polar surface area (TPSA) is 0 Å². The van der Waals surface area contributed by atoms with Crippen LogP contribution in [0.25, 0.3) is 0 Å². The third kappa shape index (κ3) is 47.7. The average molecular weight is 203 g/mol. The Morgan fingerprint density at radius 2 is 1.44 bits per heavy atom. The predicted octanol–water partition coefficient (Wildman–Crippen LogP) is 3.09. The molecule has 9 heavy (non-hydrogen) atoms. The Hall–Kier alpha value is 1.10. The van der Waals surface area contributed by atoms with Gasteiger partial charge in [-0.3, -0.25) is 0 Å². The van der Waals surface area contributed by atoms with Crippen molar-refractivity contribution in [1.82, 2.24) is 0 Å². The minimum absolute atomic E-state index is 0. The molecule has 0 aliphatic heterocycles. The largest absolute Gasteiger partial charge is 0.343 e. The molecule has 0 rings (SSSR count). The van der Waals surface area contributed by atoms with E-state index in [0.717, 1.165) is 12.3 Å². The molecule has 0 bridgehead atoms. The van der Waals surface area contributed by atoms with E-state index in [1.165, 1.54) is 0 Å². The normalized spacial score (nSPS) is 7.33. The summed E-state index contributed by atoms with van der Waals surface area (Å²) < 4.78 is 0. The first-order chi connectivity index (χ1) is 3.68. The van der Waals surface area contributed by atoms with Crippen molar-refractivity contribution in [2.45, 2.75) is 34.1 Å². The molecule has 0 spiro atoms. The Labute approximate surface area is 85.7 Å². The van der Waals surface area contributed by atoms with Gasteiger partial charge in [0.25, 0.3) is 0 Å². The van der Waals surface area contributed by atoms with Gasteiger partial charge in [-0.1, -0.05) is 19.8 Å². The van der Waals surface area contributed by atoms with Gasteiger partial charge < -0.3 is 13.3 Å². The van der Waals surface area contributed by atoms with Crippen molar-refractivity contribution in [2.24, 2.45) is 5.92 Å². The van der Waals surface area contributed by atoms with Crippen LogP contribution in [0.15, 0.2) is 0 Å². The predicted molar refractivity (Wildman–Crippen MR) is 40.5 cm³/mol. The number of rotatable bonds is 1. The summed E-state index contributed by atoms with van der Waals surface area (Å²) in [5.41, 5.74) is 0. The van der Waals surface area contributed by atoms with Gasteiger partial charge in [0, 0.05) is 32.7 Å². The summed E-state index contributed by atoms with van der Waals surface area (Å²) in [5, 5.41) is 0. The minimum Gasteiger partial charge on any atom is -0.343 e. The fraction of sp³-hybridized carbons (Fsp3) is 0.750. The summed E-state index contributed by atoms with van der Waals surface area (Å²) >= 11 is 0. The summed E-state index contributed by atoms with van der Waals surface area (Å²) in [6.45, 7) is 12.0. The van der Waals surface area contributed by atoms with Gasteiger partial charge in [-0.25, -0.2) is 0 Å². The van der Waals surface area contributed by atoms with Crippen molar-refractivity contribution in [1.29, 1.82) is 0 Å². The minimum atomic E-state index is 0. The second-order valence-corrected chi connectivity index (χ2v) is 2.26. The Morgan fingerprint density at radius 1 is 1.33 bits per heavy atom. The van der Waals surface area contributed by atoms with Crippen LogP contribution in [0.1, 0.15) is 34.1 Å². The maximum Gasteiger partial charge on any atom is 0 e. The first kappa shape index (κ1) is 16.6. The summed E-state index contributed by atoms with van der Waals surface area (Å²) in [6.07, 6.45) is 3.06. The van der Waals surface area contributed by atoms with Crippen LogP contribution in [-0.2, 0) is 32.7 Å². The van der Waals surface area contributed by atoms with Gasteiger partial charge in [0.2, 0.25) is 0 Å². The molecule has 0 aromatic carbocycles. The van der Waals surface area contributed by atoms with E-state index in [0.29, 0.717) is 0 Å². The molecule has 0 unspecified atom stereocenters. The van der Waals surface area contributed by atoms with Crippen LogP contribution < -0.4 is 0 Å². The molecule has 1 heteroatoms. The molecule has 0 saturated heterocycles. The van der Waals surface area contributed by atoms with Gasteiger partial charge in [-0.15, -0.1) is 0 Å². The van der Waals surface area contributed by atoms with Crippen LogP contribution in [0.5, 0.6) is 0 Å². The Kier molecular flexibility index (Phi) is 29.6. The third-order valence-electron chi connectivity index (χ3n) is 0.577. The van der Waals surface area contributed by atoms with E-state index < -0.39 is 0 Å². The molecule has 0 heterocycles. The second-order valence-electron chi connectivity index (χ2n) is 2.26. The van der Waals surface area contributed by atoms with Crippen LogP contribution >= 0.6 is 0 Å². The zero-order valence-electron chi connectivity index (χ0n) is 7.15. The number of hydrogen-bond acceptors (Lipinski definition) is 0. The third-order valence-corrected chi connectivity index (χ3v) is 0.577. The molecule has 0 saturated carbocycles. The first-order valence-corrected chi connectivity index (χ1v) is 3.22. The number of hydrogen-bond donors (Lipinski definition) is 0. The van der Waals surface area contributed by atoms with Crippen LogP contribution in [-0.4, -0.2) is 0 Å². The summed E-state index contributed by atoms with van der Waals surface area (Å²) in [6, 6.07) is 0. The van der Waals surface area contributed by atoms with Gasteiger partial charge in [0.05, 0.1) is 0 Å². The van der Waals surface area contributed by atoms with Crippen molar-refractivity contribution in [3.63, 3.8) is 0 Å². The van der Waals surface area contributed by atoms with Crippen LogP contribution in [0.3, 0.4) is 0 Å². The molecule has 0 N–H and O–H groups in total.